The molecule has 1 fully saturated rings. The molecule has 1 aliphatic rings. The molecule has 4 N–H and O–H groups in total. The monoisotopic (exact) mass is 291 g/mol. The van der Waals surface area contributed by atoms with Gasteiger partial charge in [-0.1, -0.05) is 6.07 Å². The molecule has 0 bridgehead atoms. The van der Waals surface area contributed by atoms with E-state index in [2.05, 4.69) is 10.6 Å². The Bertz CT molecular complexity index is 545. The van der Waals surface area contributed by atoms with Crippen LogP contribution in [0.2, 0.25) is 0 Å². The lowest BCUT2D eigenvalue weighted by Gasteiger charge is -2.14. The highest BCUT2D eigenvalue weighted by Crippen LogP contribution is 2.23. The predicted octanol–water partition coefficient (Wildman–Crippen LogP) is 1.40. The molecule has 1 heterocycles. The Balaban J connectivity index is 2.02. The summed E-state index contributed by atoms with van der Waals surface area (Å²) in [6.07, 6.45) is 0.996. The van der Waals surface area contributed by atoms with Crippen molar-refractivity contribution in [2.75, 3.05) is 17.2 Å². The third-order valence-corrected chi connectivity index (χ3v) is 3.48. The van der Waals surface area contributed by atoms with E-state index in [-0.39, 0.29) is 17.9 Å². The van der Waals surface area contributed by atoms with Crippen LogP contribution in [0.25, 0.3) is 0 Å². The second-order valence-corrected chi connectivity index (χ2v) is 5.26. The number of rotatable bonds is 4. The van der Waals surface area contributed by atoms with Gasteiger partial charge in [0.05, 0.1) is 6.10 Å². The van der Waals surface area contributed by atoms with Crippen molar-refractivity contribution in [2.45, 2.75) is 38.9 Å². The number of nitrogens with one attached hydrogen (secondary N) is 2. The van der Waals surface area contributed by atoms with Crippen LogP contribution in [0.1, 0.15) is 25.3 Å². The smallest absolute Gasteiger partial charge is 0.253 e. The molecule has 1 aliphatic heterocycles. The topological polar surface area (TPSA) is 93.5 Å². The maximum atomic E-state index is 12.1. The normalized spacial score (nSPS) is 21.1. The quantitative estimate of drug-likeness (QED) is 0.781. The first-order valence-corrected chi connectivity index (χ1v) is 7.04. The molecule has 6 nitrogen and oxygen atoms in total. The van der Waals surface area contributed by atoms with Crippen LogP contribution in [0.15, 0.2) is 18.2 Å². The molecule has 0 radical (unpaired) electrons. The molecule has 2 rings (SSSR count). The van der Waals surface area contributed by atoms with Crippen molar-refractivity contribution in [3.05, 3.63) is 23.8 Å². The van der Waals surface area contributed by atoms with Crippen LogP contribution >= 0.6 is 0 Å². The zero-order valence-corrected chi connectivity index (χ0v) is 12.3. The summed E-state index contributed by atoms with van der Waals surface area (Å²) in [5, 5.41) is 5.55. The fraction of sp³-hybridized carbons (Fsp3) is 0.467. The zero-order valence-electron chi connectivity index (χ0n) is 12.3. The minimum atomic E-state index is -0.455. The maximum absolute atomic E-state index is 12.1. The van der Waals surface area contributed by atoms with Crippen molar-refractivity contribution in [3.8, 4) is 0 Å². The van der Waals surface area contributed by atoms with Gasteiger partial charge < -0.3 is 21.1 Å². The van der Waals surface area contributed by atoms with Gasteiger partial charge in [0.2, 0.25) is 5.91 Å². The van der Waals surface area contributed by atoms with Crippen molar-refractivity contribution in [1.29, 1.82) is 0 Å². The van der Waals surface area contributed by atoms with Gasteiger partial charge in [-0.2, -0.15) is 0 Å². The molecule has 1 aromatic rings. The Labute approximate surface area is 124 Å². The lowest BCUT2D eigenvalue weighted by Crippen LogP contribution is -2.29. The van der Waals surface area contributed by atoms with Crippen molar-refractivity contribution in [3.63, 3.8) is 0 Å². The van der Waals surface area contributed by atoms with E-state index in [1.165, 1.54) is 6.92 Å². The second kappa shape index (κ2) is 6.69. The summed E-state index contributed by atoms with van der Waals surface area (Å²) >= 11 is 0. The molecular weight excluding hydrogens is 270 g/mol. The molecule has 2 unspecified atom stereocenters. The highest BCUT2D eigenvalue weighted by Gasteiger charge is 2.29. The number of carbonyl (C=O) groups excluding carboxylic acids is 2. The van der Waals surface area contributed by atoms with E-state index >= 15 is 0 Å². The van der Waals surface area contributed by atoms with Crippen molar-refractivity contribution in [2.24, 2.45) is 5.73 Å². The van der Waals surface area contributed by atoms with Gasteiger partial charge in [-0.15, -0.1) is 0 Å². The number of anilines is 2. The van der Waals surface area contributed by atoms with Gasteiger partial charge in [-0.25, -0.2) is 0 Å². The Kier molecular flexibility index (Phi) is 4.93. The number of carbonyl (C=O) groups is 2. The van der Waals surface area contributed by atoms with Crippen LogP contribution in [0.3, 0.4) is 0 Å². The summed E-state index contributed by atoms with van der Waals surface area (Å²) < 4.78 is 5.56. The van der Waals surface area contributed by atoms with E-state index in [0.717, 1.165) is 12.0 Å². The standard InChI is InChI=1S/C15H21N3O3/c1-9-3-4-11(7-13(9)17-10(2)19)18-15(20)14-6-5-12(8-16)21-14/h3-4,7,12,14H,5-6,8,16H2,1-2H3,(H,17,19)(H,18,20). The van der Waals surface area contributed by atoms with Gasteiger partial charge in [0.1, 0.15) is 6.10 Å². The molecule has 114 valence electrons. The van der Waals surface area contributed by atoms with Crippen LogP contribution in [-0.2, 0) is 14.3 Å². The number of amides is 2. The molecule has 1 aromatic carbocycles. The first-order chi connectivity index (χ1) is 9.99. The van der Waals surface area contributed by atoms with Crippen LogP contribution in [0.4, 0.5) is 11.4 Å². The summed E-state index contributed by atoms with van der Waals surface area (Å²) in [6, 6.07) is 5.39. The van der Waals surface area contributed by atoms with E-state index in [0.29, 0.717) is 24.3 Å². The van der Waals surface area contributed by atoms with Gasteiger partial charge in [-0.05, 0) is 37.5 Å². The number of hydrogen-bond acceptors (Lipinski definition) is 4. The lowest BCUT2D eigenvalue weighted by molar-refractivity contribution is -0.126. The summed E-state index contributed by atoms with van der Waals surface area (Å²) in [4.78, 5) is 23.3. The minimum Gasteiger partial charge on any atom is -0.364 e. The second-order valence-electron chi connectivity index (χ2n) is 5.26. The Hall–Kier alpha value is -1.92. The van der Waals surface area contributed by atoms with Crippen LogP contribution < -0.4 is 16.4 Å². The molecule has 0 spiro atoms. The molecule has 2 amide bonds. The first-order valence-electron chi connectivity index (χ1n) is 7.04. The fourth-order valence-electron chi connectivity index (χ4n) is 2.32. The van der Waals surface area contributed by atoms with Gasteiger partial charge in [0, 0.05) is 24.8 Å². The van der Waals surface area contributed by atoms with E-state index in [1.54, 1.807) is 12.1 Å². The Morgan fingerprint density at radius 1 is 1.33 bits per heavy atom. The Morgan fingerprint density at radius 2 is 2.10 bits per heavy atom. The molecule has 0 aliphatic carbocycles. The predicted molar refractivity (Wildman–Crippen MR) is 81.1 cm³/mol. The highest BCUT2D eigenvalue weighted by atomic mass is 16.5. The molecule has 21 heavy (non-hydrogen) atoms. The number of nitrogens with two attached hydrogens (primary N) is 1. The minimum absolute atomic E-state index is 0.0336. The van der Waals surface area contributed by atoms with E-state index in [4.69, 9.17) is 10.5 Å². The Morgan fingerprint density at radius 3 is 2.71 bits per heavy atom. The third kappa shape index (κ3) is 4.03. The third-order valence-electron chi connectivity index (χ3n) is 3.48. The van der Waals surface area contributed by atoms with Crippen molar-refractivity contribution < 1.29 is 14.3 Å². The highest BCUT2D eigenvalue weighted by molar-refractivity contribution is 5.96. The zero-order chi connectivity index (χ0) is 15.4. The summed E-state index contributed by atoms with van der Waals surface area (Å²) in [6.45, 7) is 3.77. The van der Waals surface area contributed by atoms with Crippen molar-refractivity contribution >= 4 is 23.2 Å². The molecule has 0 saturated carbocycles. The van der Waals surface area contributed by atoms with Gasteiger partial charge in [0.25, 0.3) is 5.91 Å². The van der Waals surface area contributed by atoms with Gasteiger partial charge in [-0.3, -0.25) is 9.59 Å². The number of benzene rings is 1. The van der Waals surface area contributed by atoms with Gasteiger partial charge >= 0.3 is 0 Å². The average molecular weight is 291 g/mol. The van der Waals surface area contributed by atoms with Crippen LogP contribution in [-0.4, -0.2) is 30.6 Å². The summed E-state index contributed by atoms with van der Waals surface area (Å²) in [7, 11) is 0. The van der Waals surface area contributed by atoms with Gasteiger partial charge in [0.15, 0.2) is 0 Å². The van der Waals surface area contributed by atoms with E-state index in [1.807, 2.05) is 13.0 Å². The number of aryl methyl sites for hydroxylation is 1. The number of hydrogen-bond donors (Lipinski definition) is 3. The van der Waals surface area contributed by atoms with Crippen molar-refractivity contribution in [1.82, 2.24) is 0 Å². The molecule has 1 saturated heterocycles. The average Bonchev–Trinajstić information content (AvgIpc) is 2.91. The molecule has 0 aromatic heterocycles. The maximum Gasteiger partial charge on any atom is 0.253 e. The van der Waals surface area contributed by atoms with E-state index < -0.39 is 6.10 Å². The lowest BCUT2D eigenvalue weighted by atomic mass is 10.1. The summed E-state index contributed by atoms with van der Waals surface area (Å²) in [5.41, 5.74) is 7.79. The molecular formula is C15H21N3O3. The fourth-order valence-corrected chi connectivity index (χ4v) is 2.32. The largest absolute Gasteiger partial charge is 0.364 e. The number of ether oxygens (including phenoxy) is 1. The molecule has 2 atom stereocenters. The first kappa shape index (κ1) is 15.5. The SMILES string of the molecule is CC(=O)Nc1cc(NC(=O)C2CCC(CN)O2)ccc1C. The van der Waals surface area contributed by atoms with Crippen LogP contribution in [0, 0.1) is 6.92 Å². The van der Waals surface area contributed by atoms with Crippen LogP contribution in [0.5, 0.6) is 0 Å². The molecule has 6 heteroatoms. The summed E-state index contributed by atoms with van der Waals surface area (Å²) in [5.74, 6) is -0.324. The van der Waals surface area contributed by atoms with E-state index in [9.17, 15) is 9.59 Å².